The van der Waals surface area contributed by atoms with Crippen LogP contribution in [0, 0.1) is 0 Å². The summed E-state index contributed by atoms with van der Waals surface area (Å²) in [6.07, 6.45) is 4.06. The molecule has 0 fully saturated rings. The highest BCUT2D eigenvalue weighted by atomic mass is 16.2. The number of carbonyl (C=O) groups is 1. The minimum atomic E-state index is -0.0324. The first-order valence-electron chi connectivity index (χ1n) is 9.41. The summed E-state index contributed by atoms with van der Waals surface area (Å²) in [6, 6.07) is 11.7. The first-order chi connectivity index (χ1) is 14.1. The second kappa shape index (κ2) is 6.69. The smallest absolute Gasteiger partial charge is 0.272 e. The van der Waals surface area contributed by atoms with Crippen molar-refractivity contribution in [2.75, 3.05) is 6.54 Å². The van der Waals surface area contributed by atoms with Gasteiger partial charge in [0.2, 0.25) is 0 Å². The van der Waals surface area contributed by atoms with Gasteiger partial charge >= 0.3 is 0 Å². The van der Waals surface area contributed by atoms with Crippen molar-refractivity contribution >= 4 is 5.91 Å². The number of benzene rings is 1. The largest absolute Gasteiger partial charge is 0.332 e. The van der Waals surface area contributed by atoms with Crippen LogP contribution in [0.3, 0.4) is 0 Å². The standard InChI is InChI=1S/C20H20N8O/c1-25-17(8-10-22-25)20(29)27-11-9-16-15(12-27)18(24-26(16)2)19-23-21-13-28(19)14-6-4-3-5-7-14/h3-8,10,13H,9,11-12H2,1-2H3. The fourth-order valence-corrected chi connectivity index (χ4v) is 3.87. The van der Waals surface area contributed by atoms with E-state index >= 15 is 0 Å². The molecule has 0 N–H and O–H groups in total. The summed E-state index contributed by atoms with van der Waals surface area (Å²) in [7, 11) is 3.71. The molecule has 5 rings (SSSR count). The molecular weight excluding hydrogens is 368 g/mol. The maximum absolute atomic E-state index is 13.0. The monoisotopic (exact) mass is 388 g/mol. The van der Waals surface area contributed by atoms with Crippen LogP contribution in [-0.2, 0) is 27.1 Å². The lowest BCUT2D eigenvalue weighted by Crippen LogP contribution is -2.37. The Labute approximate surface area is 167 Å². The minimum absolute atomic E-state index is 0.0324. The van der Waals surface area contributed by atoms with Gasteiger partial charge in [-0.3, -0.25) is 18.7 Å². The van der Waals surface area contributed by atoms with E-state index in [-0.39, 0.29) is 5.91 Å². The molecule has 9 heteroatoms. The maximum atomic E-state index is 13.0. The summed E-state index contributed by atoms with van der Waals surface area (Å²) in [5.74, 6) is 0.637. The van der Waals surface area contributed by atoms with Crippen LogP contribution >= 0.6 is 0 Å². The van der Waals surface area contributed by atoms with Crippen LogP contribution in [0.15, 0.2) is 48.9 Å². The quantitative estimate of drug-likeness (QED) is 0.532. The molecule has 0 radical (unpaired) electrons. The predicted molar refractivity (Wildman–Crippen MR) is 105 cm³/mol. The minimum Gasteiger partial charge on any atom is -0.332 e. The van der Waals surface area contributed by atoms with E-state index in [4.69, 9.17) is 5.10 Å². The van der Waals surface area contributed by atoms with Crippen molar-refractivity contribution in [1.82, 2.24) is 39.2 Å². The number of carbonyl (C=O) groups excluding carboxylic acids is 1. The van der Waals surface area contributed by atoms with Crippen LogP contribution in [0.5, 0.6) is 0 Å². The number of hydrogen-bond acceptors (Lipinski definition) is 5. The number of para-hydroxylation sites is 1. The molecule has 29 heavy (non-hydrogen) atoms. The maximum Gasteiger partial charge on any atom is 0.272 e. The highest BCUT2D eigenvalue weighted by Gasteiger charge is 2.30. The van der Waals surface area contributed by atoms with Gasteiger partial charge < -0.3 is 4.90 Å². The zero-order valence-corrected chi connectivity index (χ0v) is 16.2. The van der Waals surface area contributed by atoms with Gasteiger partial charge in [0.1, 0.15) is 17.7 Å². The molecule has 0 spiro atoms. The van der Waals surface area contributed by atoms with E-state index in [0.29, 0.717) is 24.6 Å². The summed E-state index contributed by atoms with van der Waals surface area (Å²) >= 11 is 0. The van der Waals surface area contributed by atoms with Crippen molar-refractivity contribution < 1.29 is 4.79 Å². The SMILES string of the molecule is Cn1nccc1C(=O)N1CCc2c(c(-c3nncn3-c3ccccc3)nn2C)C1. The molecule has 4 heterocycles. The van der Waals surface area contributed by atoms with Crippen molar-refractivity contribution in [3.63, 3.8) is 0 Å². The molecule has 1 aliphatic rings. The van der Waals surface area contributed by atoms with Crippen LogP contribution in [0.2, 0.25) is 0 Å². The molecule has 1 amide bonds. The zero-order chi connectivity index (χ0) is 20.0. The molecule has 0 bridgehead atoms. The Balaban J connectivity index is 1.54. The van der Waals surface area contributed by atoms with Crippen LogP contribution in [0.25, 0.3) is 17.2 Å². The fraction of sp³-hybridized carbons (Fsp3) is 0.250. The third kappa shape index (κ3) is 2.82. The molecule has 0 saturated carbocycles. The van der Waals surface area contributed by atoms with Crippen molar-refractivity contribution in [3.05, 3.63) is 65.9 Å². The topological polar surface area (TPSA) is 86.7 Å². The third-order valence-electron chi connectivity index (χ3n) is 5.36. The summed E-state index contributed by atoms with van der Waals surface area (Å²) in [5, 5.41) is 17.3. The van der Waals surface area contributed by atoms with Crippen LogP contribution in [-0.4, -0.2) is 51.7 Å². The average molecular weight is 388 g/mol. The number of amides is 1. The Bertz CT molecular complexity index is 1190. The lowest BCUT2D eigenvalue weighted by atomic mass is 10.0. The highest BCUT2D eigenvalue weighted by Crippen LogP contribution is 2.30. The number of nitrogens with zero attached hydrogens (tertiary/aromatic N) is 8. The van der Waals surface area contributed by atoms with Crippen molar-refractivity contribution in [2.24, 2.45) is 14.1 Å². The molecule has 0 unspecified atom stereocenters. The Morgan fingerprint density at radius 1 is 1.07 bits per heavy atom. The third-order valence-corrected chi connectivity index (χ3v) is 5.36. The van der Waals surface area contributed by atoms with E-state index in [1.165, 1.54) is 0 Å². The Kier molecular flexibility index (Phi) is 4.01. The number of hydrogen-bond donors (Lipinski definition) is 0. The van der Waals surface area contributed by atoms with Gasteiger partial charge in [0.15, 0.2) is 5.82 Å². The van der Waals surface area contributed by atoms with Crippen LogP contribution in [0.1, 0.15) is 21.7 Å². The summed E-state index contributed by atoms with van der Waals surface area (Å²) < 4.78 is 5.42. The molecular formula is C20H20N8O. The first-order valence-corrected chi connectivity index (χ1v) is 9.41. The van der Waals surface area contributed by atoms with Gasteiger partial charge in [-0.2, -0.15) is 10.2 Å². The zero-order valence-electron chi connectivity index (χ0n) is 16.2. The lowest BCUT2D eigenvalue weighted by Gasteiger charge is -2.27. The number of aromatic nitrogens is 7. The van der Waals surface area contributed by atoms with E-state index in [2.05, 4.69) is 15.3 Å². The molecule has 1 aliphatic heterocycles. The van der Waals surface area contributed by atoms with Gasteiger partial charge in [0.05, 0.1) is 6.54 Å². The Morgan fingerprint density at radius 3 is 2.66 bits per heavy atom. The van der Waals surface area contributed by atoms with Crippen molar-refractivity contribution in [2.45, 2.75) is 13.0 Å². The number of aryl methyl sites for hydroxylation is 2. The van der Waals surface area contributed by atoms with Gasteiger partial charge in [-0.25, -0.2) is 0 Å². The van der Waals surface area contributed by atoms with Crippen molar-refractivity contribution in [3.8, 4) is 17.2 Å². The van der Waals surface area contributed by atoms with Crippen molar-refractivity contribution in [1.29, 1.82) is 0 Å². The number of fused-ring (bicyclic) bond motifs is 1. The summed E-state index contributed by atoms with van der Waals surface area (Å²) in [4.78, 5) is 14.8. The second-order valence-electron chi connectivity index (χ2n) is 7.07. The molecule has 0 saturated heterocycles. The van der Waals surface area contributed by atoms with Crippen LogP contribution < -0.4 is 0 Å². The Hall–Kier alpha value is -3.75. The molecule has 1 aromatic carbocycles. The van der Waals surface area contributed by atoms with Gasteiger partial charge in [-0.05, 0) is 18.2 Å². The van der Waals surface area contributed by atoms with Gasteiger partial charge in [0, 0.05) is 50.2 Å². The van der Waals surface area contributed by atoms with E-state index in [1.807, 2.05) is 51.5 Å². The van der Waals surface area contributed by atoms with E-state index in [9.17, 15) is 4.79 Å². The Morgan fingerprint density at radius 2 is 1.90 bits per heavy atom. The molecule has 0 atom stereocenters. The highest BCUT2D eigenvalue weighted by molar-refractivity contribution is 5.92. The summed E-state index contributed by atoms with van der Waals surface area (Å²) in [6.45, 7) is 1.12. The molecule has 146 valence electrons. The van der Waals surface area contributed by atoms with E-state index in [0.717, 1.165) is 29.1 Å². The van der Waals surface area contributed by atoms with Gasteiger partial charge in [-0.1, -0.05) is 18.2 Å². The van der Waals surface area contributed by atoms with Gasteiger partial charge in [0.25, 0.3) is 5.91 Å². The number of rotatable bonds is 3. The molecule has 3 aromatic heterocycles. The summed E-state index contributed by atoms with van der Waals surface area (Å²) in [5.41, 5.74) is 4.43. The first kappa shape index (κ1) is 17.4. The average Bonchev–Trinajstić information content (AvgIpc) is 3.47. The molecule has 0 aliphatic carbocycles. The fourth-order valence-electron chi connectivity index (χ4n) is 3.87. The lowest BCUT2D eigenvalue weighted by molar-refractivity contribution is 0.0722. The normalized spacial score (nSPS) is 13.5. The molecule has 9 nitrogen and oxygen atoms in total. The van der Waals surface area contributed by atoms with Gasteiger partial charge in [-0.15, -0.1) is 10.2 Å². The van der Waals surface area contributed by atoms with Crippen LogP contribution in [0.4, 0.5) is 0 Å². The second-order valence-corrected chi connectivity index (χ2v) is 7.07. The van der Waals surface area contributed by atoms with E-state index in [1.54, 1.807) is 30.3 Å². The van der Waals surface area contributed by atoms with E-state index < -0.39 is 0 Å². The predicted octanol–water partition coefficient (Wildman–Crippen LogP) is 1.60. The molecule has 4 aromatic rings.